The summed E-state index contributed by atoms with van der Waals surface area (Å²) in [6.45, 7) is 6.62. The molecule has 0 saturated carbocycles. The van der Waals surface area contributed by atoms with Crippen LogP contribution in [-0.4, -0.2) is 25.7 Å². The van der Waals surface area contributed by atoms with E-state index in [-0.39, 0.29) is 5.91 Å². The molecule has 124 valence electrons. The summed E-state index contributed by atoms with van der Waals surface area (Å²) < 4.78 is 1.90. The molecule has 1 amide bonds. The van der Waals surface area contributed by atoms with Crippen LogP contribution in [0.1, 0.15) is 39.9 Å². The summed E-state index contributed by atoms with van der Waals surface area (Å²) in [6, 6.07) is 7.51. The number of aromatic nitrogens is 4. The number of aryl methyl sites for hydroxylation is 1. The molecule has 0 atom stereocenters. The number of carbonyl (C=O) groups excluding carboxylic acids is 1. The van der Waals surface area contributed by atoms with Crippen molar-refractivity contribution in [3.05, 3.63) is 65.0 Å². The molecule has 0 spiro atoms. The van der Waals surface area contributed by atoms with Crippen LogP contribution in [-0.2, 0) is 13.0 Å². The maximum absolute atomic E-state index is 12.4. The minimum Gasteiger partial charge on any atom is -0.347 e. The Morgan fingerprint density at radius 2 is 2.17 bits per heavy atom. The Labute approximate surface area is 140 Å². The topological polar surface area (TPSA) is 75.6 Å². The smallest absolute Gasteiger partial charge is 0.251 e. The Morgan fingerprint density at radius 3 is 2.83 bits per heavy atom. The Bertz CT molecular complexity index is 848. The fraction of sp³-hybridized carbons (Fsp3) is 0.278. The van der Waals surface area contributed by atoms with Gasteiger partial charge < -0.3 is 10.3 Å². The van der Waals surface area contributed by atoms with Gasteiger partial charge in [0.1, 0.15) is 0 Å². The first-order valence-corrected chi connectivity index (χ1v) is 8.01. The van der Waals surface area contributed by atoms with Crippen molar-refractivity contribution in [1.29, 1.82) is 0 Å². The first kappa shape index (κ1) is 16.0. The van der Waals surface area contributed by atoms with E-state index in [0.717, 1.165) is 29.2 Å². The van der Waals surface area contributed by atoms with Gasteiger partial charge in [0.25, 0.3) is 5.91 Å². The average Bonchev–Trinajstić information content (AvgIpc) is 3.20. The van der Waals surface area contributed by atoms with Gasteiger partial charge in [-0.1, -0.05) is 13.0 Å². The van der Waals surface area contributed by atoms with Gasteiger partial charge in [0.05, 0.1) is 29.9 Å². The molecular weight excluding hydrogens is 302 g/mol. The standard InChI is InChI=1S/C18H21N5O/c1-4-17-12(2)22-23(13(17)3)16-7-5-6-14(8-16)18(24)20-10-15-9-19-11-21-15/h5-9,11H,4,10H2,1-3H3,(H,19,21)(H,20,24). The Kier molecular flexibility index (Phi) is 4.46. The third-order valence-corrected chi connectivity index (χ3v) is 4.14. The van der Waals surface area contributed by atoms with Crippen molar-refractivity contribution in [2.75, 3.05) is 0 Å². The van der Waals surface area contributed by atoms with Crippen LogP contribution >= 0.6 is 0 Å². The van der Waals surface area contributed by atoms with E-state index < -0.39 is 0 Å². The second-order valence-corrected chi connectivity index (χ2v) is 5.72. The van der Waals surface area contributed by atoms with Gasteiger partial charge in [-0.3, -0.25) is 4.79 Å². The van der Waals surface area contributed by atoms with E-state index >= 15 is 0 Å². The van der Waals surface area contributed by atoms with Gasteiger partial charge in [0.15, 0.2) is 0 Å². The van der Waals surface area contributed by atoms with Crippen molar-refractivity contribution in [1.82, 2.24) is 25.1 Å². The van der Waals surface area contributed by atoms with Crippen molar-refractivity contribution < 1.29 is 4.79 Å². The molecule has 6 nitrogen and oxygen atoms in total. The SMILES string of the molecule is CCc1c(C)nn(-c2cccc(C(=O)NCc3cnc[nH]3)c2)c1C. The first-order chi connectivity index (χ1) is 11.6. The van der Waals surface area contributed by atoms with Gasteiger partial charge >= 0.3 is 0 Å². The Balaban J connectivity index is 1.82. The summed E-state index contributed by atoms with van der Waals surface area (Å²) in [4.78, 5) is 19.3. The lowest BCUT2D eigenvalue weighted by atomic mass is 10.1. The molecule has 2 N–H and O–H groups in total. The zero-order valence-electron chi connectivity index (χ0n) is 14.1. The summed E-state index contributed by atoms with van der Waals surface area (Å²) in [6.07, 6.45) is 4.23. The zero-order valence-corrected chi connectivity index (χ0v) is 14.1. The molecule has 3 aromatic rings. The van der Waals surface area contributed by atoms with Gasteiger partial charge in [0.2, 0.25) is 0 Å². The molecule has 0 bridgehead atoms. The van der Waals surface area contributed by atoms with Gasteiger partial charge in [-0.25, -0.2) is 9.67 Å². The van der Waals surface area contributed by atoms with E-state index in [1.165, 1.54) is 5.56 Å². The number of H-pyrrole nitrogens is 1. The average molecular weight is 323 g/mol. The molecule has 0 fully saturated rings. The predicted molar refractivity (Wildman–Crippen MR) is 92.2 cm³/mol. The van der Waals surface area contributed by atoms with Gasteiger partial charge in [-0.05, 0) is 44.0 Å². The molecule has 0 saturated heterocycles. The number of nitrogens with one attached hydrogen (secondary N) is 2. The maximum atomic E-state index is 12.4. The molecule has 0 aliphatic heterocycles. The highest BCUT2D eigenvalue weighted by molar-refractivity contribution is 5.94. The first-order valence-electron chi connectivity index (χ1n) is 8.01. The fourth-order valence-electron chi connectivity index (χ4n) is 2.88. The van der Waals surface area contributed by atoms with Crippen LogP contribution in [0.2, 0.25) is 0 Å². The lowest BCUT2D eigenvalue weighted by Crippen LogP contribution is -2.23. The normalized spacial score (nSPS) is 10.8. The van der Waals surface area contributed by atoms with Crippen LogP contribution < -0.4 is 5.32 Å². The van der Waals surface area contributed by atoms with E-state index in [2.05, 4.69) is 34.2 Å². The molecule has 0 aliphatic rings. The second-order valence-electron chi connectivity index (χ2n) is 5.72. The van der Waals surface area contributed by atoms with Gasteiger partial charge in [-0.15, -0.1) is 0 Å². The van der Waals surface area contributed by atoms with Gasteiger partial charge in [-0.2, -0.15) is 5.10 Å². The van der Waals surface area contributed by atoms with Crippen molar-refractivity contribution in [3.8, 4) is 5.69 Å². The molecule has 2 heterocycles. The Hall–Kier alpha value is -2.89. The number of rotatable bonds is 5. The third kappa shape index (κ3) is 3.08. The molecule has 0 radical (unpaired) electrons. The van der Waals surface area contributed by atoms with Crippen LogP contribution in [0.3, 0.4) is 0 Å². The summed E-state index contributed by atoms with van der Waals surface area (Å²) in [5.41, 5.74) is 5.77. The molecule has 3 rings (SSSR count). The number of hydrogen-bond acceptors (Lipinski definition) is 3. The molecule has 24 heavy (non-hydrogen) atoms. The van der Waals surface area contributed by atoms with Gasteiger partial charge in [0, 0.05) is 17.5 Å². The largest absolute Gasteiger partial charge is 0.347 e. The lowest BCUT2D eigenvalue weighted by molar-refractivity contribution is 0.0950. The highest BCUT2D eigenvalue weighted by Gasteiger charge is 2.13. The predicted octanol–water partition coefficient (Wildman–Crippen LogP) is 2.70. The number of aromatic amines is 1. The second kappa shape index (κ2) is 6.70. The zero-order chi connectivity index (χ0) is 17.1. The molecule has 6 heteroatoms. The number of benzene rings is 1. The summed E-state index contributed by atoms with van der Waals surface area (Å²) in [5.74, 6) is -0.122. The maximum Gasteiger partial charge on any atom is 0.251 e. The highest BCUT2D eigenvalue weighted by Crippen LogP contribution is 2.19. The third-order valence-electron chi connectivity index (χ3n) is 4.14. The highest BCUT2D eigenvalue weighted by atomic mass is 16.1. The fourth-order valence-corrected chi connectivity index (χ4v) is 2.88. The Morgan fingerprint density at radius 1 is 1.33 bits per heavy atom. The molecule has 0 unspecified atom stereocenters. The van der Waals surface area contributed by atoms with Crippen molar-refractivity contribution in [2.45, 2.75) is 33.7 Å². The monoisotopic (exact) mass is 323 g/mol. The van der Waals surface area contributed by atoms with Crippen LogP contribution in [0.25, 0.3) is 5.69 Å². The van der Waals surface area contributed by atoms with E-state index in [4.69, 9.17) is 0 Å². The molecule has 2 aromatic heterocycles. The van der Waals surface area contributed by atoms with E-state index in [1.807, 2.05) is 29.8 Å². The summed E-state index contributed by atoms with van der Waals surface area (Å²) in [5, 5.41) is 7.49. The van der Waals surface area contributed by atoms with E-state index in [1.54, 1.807) is 18.6 Å². The van der Waals surface area contributed by atoms with Crippen molar-refractivity contribution in [3.63, 3.8) is 0 Å². The number of amides is 1. The number of carbonyl (C=O) groups is 1. The van der Waals surface area contributed by atoms with Crippen LogP contribution in [0.15, 0.2) is 36.8 Å². The van der Waals surface area contributed by atoms with Crippen LogP contribution in [0.5, 0.6) is 0 Å². The number of imidazole rings is 1. The number of hydrogen-bond donors (Lipinski definition) is 2. The number of nitrogens with zero attached hydrogens (tertiary/aromatic N) is 3. The minimum absolute atomic E-state index is 0.122. The van der Waals surface area contributed by atoms with Crippen molar-refractivity contribution in [2.24, 2.45) is 0 Å². The molecular formula is C18H21N5O. The summed E-state index contributed by atoms with van der Waals surface area (Å²) >= 11 is 0. The van der Waals surface area contributed by atoms with Crippen LogP contribution in [0.4, 0.5) is 0 Å². The van der Waals surface area contributed by atoms with E-state index in [9.17, 15) is 4.79 Å². The van der Waals surface area contributed by atoms with Crippen molar-refractivity contribution >= 4 is 5.91 Å². The summed E-state index contributed by atoms with van der Waals surface area (Å²) in [7, 11) is 0. The molecule has 0 aliphatic carbocycles. The van der Waals surface area contributed by atoms with Crippen LogP contribution in [0, 0.1) is 13.8 Å². The lowest BCUT2D eigenvalue weighted by Gasteiger charge is -2.08. The quantitative estimate of drug-likeness (QED) is 0.758. The molecule has 1 aromatic carbocycles. The van der Waals surface area contributed by atoms with E-state index in [0.29, 0.717) is 12.1 Å². The minimum atomic E-state index is -0.122.